The monoisotopic (exact) mass is 264 g/mol. The van der Waals surface area contributed by atoms with E-state index in [1.54, 1.807) is 12.3 Å². The van der Waals surface area contributed by atoms with E-state index >= 15 is 0 Å². The van der Waals surface area contributed by atoms with Crippen LogP contribution in [0.1, 0.15) is 10.4 Å². The highest BCUT2D eigenvalue weighted by atomic mass is 16.1. The molecule has 0 saturated carbocycles. The number of carbonyl (C=O) groups is 1. The predicted octanol–water partition coefficient (Wildman–Crippen LogP) is 2.46. The van der Waals surface area contributed by atoms with Crippen molar-refractivity contribution in [3.63, 3.8) is 0 Å². The van der Waals surface area contributed by atoms with Gasteiger partial charge in [0.15, 0.2) is 0 Å². The molecule has 0 aliphatic rings. The van der Waals surface area contributed by atoms with Crippen molar-refractivity contribution in [2.45, 2.75) is 0 Å². The summed E-state index contributed by atoms with van der Waals surface area (Å²) in [7, 11) is 0. The van der Waals surface area contributed by atoms with E-state index in [0.717, 1.165) is 10.9 Å². The van der Waals surface area contributed by atoms with E-state index in [-0.39, 0.29) is 5.91 Å². The number of carbonyl (C=O) groups excluding carboxylic acids is 1. The third kappa shape index (κ3) is 2.29. The molecule has 5 heteroatoms. The first-order chi connectivity index (χ1) is 9.74. The van der Waals surface area contributed by atoms with Gasteiger partial charge >= 0.3 is 0 Å². The van der Waals surface area contributed by atoms with Crippen LogP contribution < -0.4 is 11.1 Å². The molecule has 3 rings (SSSR count). The first kappa shape index (κ1) is 12.1. The molecule has 98 valence electrons. The average Bonchev–Trinajstić information content (AvgIpc) is 2.47. The van der Waals surface area contributed by atoms with Crippen LogP contribution in [0.4, 0.5) is 11.4 Å². The topological polar surface area (TPSA) is 80.9 Å². The van der Waals surface area contributed by atoms with Gasteiger partial charge in [-0.3, -0.25) is 14.8 Å². The molecule has 2 heterocycles. The van der Waals surface area contributed by atoms with Crippen LogP contribution in [0.15, 0.2) is 55.0 Å². The van der Waals surface area contributed by atoms with Gasteiger partial charge in [-0.1, -0.05) is 18.2 Å². The Morgan fingerprint density at radius 1 is 1.15 bits per heavy atom. The van der Waals surface area contributed by atoms with Gasteiger partial charge in [-0.25, -0.2) is 0 Å². The smallest absolute Gasteiger partial charge is 0.257 e. The second-order valence-corrected chi connectivity index (χ2v) is 4.34. The van der Waals surface area contributed by atoms with Crippen LogP contribution in [0, 0.1) is 0 Å². The third-order valence-corrected chi connectivity index (χ3v) is 2.90. The Hall–Kier alpha value is -2.95. The molecule has 1 aromatic carbocycles. The van der Waals surface area contributed by atoms with Crippen LogP contribution in [-0.2, 0) is 0 Å². The average molecular weight is 264 g/mol. The van der Waals surface area contributed by atoms with E-state index in [1.807, 2.05) is 30.3 Å². The fourth-order valence-corrected chi connectivity index (χ4v) is 1.98. The number of nitrogens with one attached hydrogen (secondary N) is 1. The molecule has 0 spiro atoms. The van der Waals surface area contributed by atoms with Crippen LogP contribution in [0.5, 0.6) is 0 Å². The fourth-order valence-electron chi connectivity index (χ4n) is 1.98. The molecule has 0 atom stereocenters. The van der Waals surface area contributed by atoms with E-state index in [2.05, 4.69) is 15.3 Å². The van der Waals surface area contributed by atoms with Crippen LogP contribution in [0.3, 0.4) is 0 Å². The number of benzene rings is 1. The van der Waals surface area contributed by atoms with Crippen molar-refractivity contribution in [2.75, 3.05) is 11.1 Å². The molecule has 0 bridgehead atoms. The molecule has 20 heavy (non-hydrogen) atoms. The Morgan fingerprint density at radius 2 is 2.00 bits per heavy atom. The van der Waals surface area contributed by atoms with Crippen molar-refractivity contribution >= 4 is 28.2 Å². The number of aromatic nitrogens is 2. The molecule has 0 unspecified atom stereocenters. The highest BCUT2D eigenvalue weighted by Gasteiger charge is 2.09. The van der Waals surface area contributed by atoms with E-state index in [4.69, 9.17) is 5.73 Å². The zero-order valence-electron chi connectivity index (χ0n) is 10.6. The van der Waals surface area contributed by atoms with Gasteiger partial charge in [-0.15, -0.1) is 0 Å². The summed E-state index contributed by atoms with van der Waals surface area (Å²) >= 11 is 0. The summed E-state index contributed by atoms with van der Waals surface area (Å²) in [5, 5.41) is 3.80. The van der Waals surface area contributed by atoms with Gasteiger partial charge in [0.2, 0.25) is 0 Å². The molecule has 2 aromatic heterocycles. The maximum Gasteiger partial charge on any atom is 0.257 e. The largest absolute Gasteiger partial charge is 0.397 e. The van der Waals surface area contributed by atoms with E-state index in [1.165, 1.54) is 12.4 Å². The molecule has 0 saturated heterocycles. The highest BCUT2D eigenvalue weighted by Crippen LogP contribution is 2.21. The molecule has 0 aliphatic heterocycles. The molecule has 5 nitrogen and oxygen atoms in total. The summed E-state index contributed by atoms with van der Waals surface area (Å²) in [5.41, 5.74) is 7.91. The predicted molar refractivity (Wildman–Crippen MR) is 78.3 cm³/mol. The number of nitrogen functional groups attached to an aromatic ring is 1. The van der Waals surface area contributed by atoms with E-state index in [9.17, 15) is 4.79 Å². The van der Waals surface area contributed by atoms with Gasteiger partial charge in [0.05, 0.1) is 22.5 Å². The maximum atomic E-state index is 12.2. The maximum absolute atomic E-state index is 12.2. The first-order valence-corrected chi connectivity index (χ1v) is 6.10. The van der Waals surface area contributed by atoms with Crippen LogP contribution in [0.2, 0.25) is 0 Å². The molecule has 1 amide bonds. The molecule has 0 fully saturated rings. The number of amides is 1. The van der Waals surface area contributed by atoms with Crippen molar-refractivity contribution in [1.82, 2.24) is 9.97 Å². The van der Waals surface area contributed by atoms with Gasteiger partial charge in [-0.05, 0) is 18.2 Å². The van der Waals surface area contributed by atoms with Crippen molar-refractivity contribution in [3.05, 3.63) is 60.6 Å². The zero-order chi connectivity index (χ0) is 13.9. The van der Waals surface area contributed by atoms with Crippen molar-refractivity contribution in [3.8, 4) is 0 Å². The minimum Gasteiger partial charge on any atom is -0.397 e. The SMILES string of the molecule is Nc1cncc(C(=O)Nc2cccc3cccnc23)c1. The lowest BCUT2D eigenvalue weighted by atomic mass is 10.2. The van der Waals surface area contributed by atoms with Gasteiger partial charge < -0.3 is 11.1 Å². The summed E-state index contributed by atoms with van der Waals surface area (Å²) in [5.74, 6) is -0.261. The normalized spacial score (nSPS) is 10.4. The van der Waals surface area contributed by atoms with Gasteiger partial charge in [-0.2, -0.15) is 0 Å². The quantitative estimate of drug-likeness (QED) is 0.745. The minimum atomic E-state index is -0.261. The van der Waals surface area contributed by atoms with E-state index in [0.29, 0.717) is 16.9 Å². The molecule has 0 radical (unpaired) electrons. The number of pyridine rings is 2. The third-order valence-electron chi connectivity index (χ3n) is 2.90. The van der Waals surface area contributed by atoms with Crippen LogP contribution in [-0.4, -0.2) is 15.9 Å². The number of hydrogen-bond acceptors (Lipinski definition) is 4. The lowest BCUT2D eigenvalue weighted by Crippen LogP contribution is -2.13. The standard InChI is InChI=1S/C15H12N4O/c16-12-7-11(8-17-9-12)15(20)19-13-5-1-3-10-4-2-6-18-14(10)13/h1-9H,16H2,(H,19,20). The first-order valence-electron chi connectivity index (χ1n) is 6.10. The van der Waals surface area contributed by atoms with E-state index < -0.39 is 0 Å². The number of para-hydroxylation sites is 1. The van der Waals surface area contributed by atoms with Crippen LogP contribution in [0.25, 0.3) is 10.9 Å². The Bertz CT molecular complexity index is 780. The Kier molecular flexibility index (Phi) is 3.01. The number of rotatable bonds is 2. The van der Waals surface area contributed by atoms with Gasteiger partial charge in [0, 0.05) is 24.0 Å². The number of nitrogens with zero attached hydrogens (tertiary/aromatic N) is 2. The molecule has 0 aliphatic carbocycles. The summed E-state index contributed by atoms with van der Waals surface area (Å²) in [6.45, 7) is 0. The van der Waals surface area contributed by atoms with Crippen molar-refractivity contribution in [1.29, 1.82) is 0 Å². The Labute approximate surface area is 115 Å². The van der Waals surface area contributed by atoms with Gasteiger partial charge in [0.1, 0.15) is 0 Å². The molecular weight excluding hydrogens is 252 g/mol. The van der Waals surface area contributed by atoms with Crippen LogP contribution >= 0.6 is 0 Å². The summed E-state index contributed by atoms with van der Waals surface area (Å²) in [6, 6.07) is 11.0. The molecule has 3 aromatic rings. The number of hydrogen-bond donors (Lipinski definition) is 2. The lowest BCUT2D eigenvalue weighted by Gasteiger charge is -2.08. The summed E-state index contributed by atoms with van der Waals surface area (Å²) in [6.07, 6.45) is 4.67. The Morgan fingerprint density at radius 3 is 2.85 bits per heavy atom. The number of anilines is 2. The lowest BCUT2D eigenvalue weighted by molar-refractivity contribution is 0.102. The second kappa shape index (κ2) is 4.97. The second-order valence-electron chi connectivity index (χ2n) is 4.34. The number of nitrogens with two attached hydrogens (primary N) is 1. The van der Waals surface area contributed by atoms with Crippen molar-refractivity contribution < 1.29 is 4.79 Å². The number of fused-ring (bicyclic) bond motifs is 1. The summed E-state index contributed by atoms with van der Waals surface area (Å²) in [4.78, 5) is 20.4. The fraction of sp³-hybridized carbons (Fsp3) is 0. The highest BCUT2D eigenvalue weighted by molar-refractivity contribution is 6.08. The van der Waals surface area contributed by atoms with Gasteiger partial charge in [0.25, 0.3) is 5.91 Å². The molecule has 3 N–H and O–H groups in total. The minimum absolute atomic E-state index is 0.261. The zero-order valence-corrected chi connectivity index (χ0v) is 10.6. The molecular formula is C15H12N4O. The summed E-state index contributed by atoms with van der Waals surface area (Å²) < 4.78 is 0. The Balaban J connectivity index is 1.95. The van der Waals surface area contributed by atoms with Crippen molar-refractivity contribution in [2.24, 2.45) is 0 Å².